The van der Waals surface area contributed by atoms with Crippen LogP contribution in [0.25, 0.3) is 0 Å². The molecule has 6 heteroatoms. The topological polar surface area (TPSA) is 64.6 Å². The average molecular weight is 334 g/mol. The van der Waals surface area contributed by atoms with Crippen molar-refractivity contribution in [2.75, 3.05) is 26.1 Å². The lowest BCUT2D eigenvalue weighted by Gasteiger charge is -2.09. The van der Waals surface area contributed by atoms with Gasteiger partial charge in [0.15, 0.2) is 12.4 Å². The zero-order chi connectivity index (χ0) is 16.8. The Balaban J connectivity index is 2.04. The standard InChI is InChI=1S/C17H16ClNO4/c1-19-14-6-4-3-5-12(14)17(21)23-10-15(20)11-7-8-16(22-2)13(18)9-11/h3-9,19H,10H2,1-2H3. The van der Waals surface area contributed by atoms with E-state index in [1.54, 1.807) is 43.4 Å². The van der Waals surface area contributed by atoms with E-state index in [0.29, 0.717) is 27.6 Å². The van der Waals surface area contributed by atoms with Crippen molar-refractivity contribution in [3.63, 3.8) is 0 Å². The molecule has 120 valence electrons. The van der Waals surface area contributed by atoms with E-state index in [-0.39, 0.29) is 12.4 Å². The molecule has 0 bridgehead atoms. The van der Waals surface area contributed by atoms with Gasteiger partial charge in [0, 0.05) is 18.3 Å². The normalized spacial score (nSPS) is 10.0. The van der Waals surface area contributed by atoms with Crippen LogP contribution in [0.2, 0.25) is 5.02 Å². The summed E-state index contributed by atoms with van der Waals surface area (Å²) in [6.07, 6.45) is 0. The van der Waals surface area contributed by atoms with Gasteiger partial charge in [-0.3, -0.25) is 4.79 Å². The number of ketones is 1. The van der Waals surface area contributed by atoms with Gasteiger partial charge in [-0.2, -0.15) is 0 Å². The lowest BCUT2D eigenvalue weighted by molar-refractivity contribution is 0.0475. The number of Topliss-reactive ketones (excluding diaryl/α,β-unsaturated/α-hetero) is 1. The van der Waals surface area contributed by atoms with E-state index in [9.17, 15) is 9.59 Å². The zero-order valence-electron chi connectivity index (χ0n) is 12.8. The number of benzene rings is 2. The first-order valence-corrected chi connectivity index (χ1v) is 7.25. The molecule has 1 N–H and O–H groups in total. The minimum absolute atomic E-state index is 0.324. The summed E-state index contributed by atoms with van der Waals surface area (Å²) in [7, 11) is 3.19. The van der Waals surface area contributed by atoms with Gasteiger partial charge in [0.1, 0.15) is 5.75 Å². The molecule has 0 amide bonds. The molecule has 0 saturated carbocycles. The molecule has 0 fully saturated rings. The smallest absolute Gasteiger partial charge is 0.340 e. The Morgan fingerprint density at radius 2 is 1.91 bits per heavy atom. The highest BCUT2D eigenvalue weighted by Crippen LogP contribution is 2.25. The van der Waals surface area contributed by atoms with Crippen LogP contribution < -0.4 is 10.1 Å². The molecule has 0 aliphatic heterocycles. The van der Waals surface area contributed by atoms with E-state index in [1.165, 1.54) is 13.2 Å². The van der Waals surface area contributed by atoms with Crippen molar-refractivity contribution in [1.29, 1.82) is 0 Å². The second-order valence-corrected chi connectivity index (χ2v) is 5.05. The van der Waals surface area contributed by atoms with Crippen LogP contribution >= 0.6 is 11.6 Å². The van der Waals surface area contributed by atoms with Crippen LogP contribution in [-0.2, 0) is 4.74 Å². The number of nitrogens with one attached hydrogen (secondary N) is 1. The molecule has 2 aromatic rings. The van der Waals surface area contributed by atoms with Gasteiger partial charge in [-0.15, -0.1) is 0 Å². The second kappa shape index (κ2) is 7.65. The lowest BCUT2D eigenvalue weighted by atomic mass is 10.1. The summed E-state index contributed by atoms with van der Waals surface area (Å²) >= 11 is 5.98. The number of carbonyl (C=O) groups excluding carboxylic acids is 2. The molecular weight excluding hydrogens is 318 g/mol. The van der Waals surface area contributed by atoms with Gasteiger partial charge in [0.2, 0.25) is 0 Å². The third-order valence-corrected chi connectivity index (χ3v) is 3.52. The molecule has 0 aliphatic rings. The number of anilines is 1. The molecule has 2 rings (SSSR count). The van der Waals surface area contributed by atoms with Crippen molar-refractivity contribution < 1.29 is 19.1 Å². The quantitative estimate of drug-likeness (QED) is 0.648. The Morgan fingerprint density at radius 1 is 1.17 bits per heavy atom. The zero-order valence-corrected chi connectivity index (χ0v) is 13.5. The first-order chi connectivity index (χ1) is 11.1. The molecule has 0 aliphatic carbocycles. The molecule has 0 heterocycles. The molecule has 23 heavy (non-hydrogen) atoms. The monoisotopic (exact) mass is 333 g/mol. The summed E-state index contributed by atoms with van der Waals surface area (Å²) in [5, 5.41) is 3.22. The number of ether oxygens (including phenoxy) is 2. The lowest BCUT2D eigenvalue weighted by Crippen LogP contribution is -2.15. The number of rotatable bonds is 6. The van der Waals surface area contributed by atoms with Crippen molar-refractivity contribution in [1.82, 2.24) is 0 Å². The van der Waals surface area contributed by atoms with E-state index in [2.05, 4.69) is 5.32 Å². The van der Waals surface area contributed by atoms with Gasteiger partial charge in [0.25, 0.3) is 0 Å². The van der Waals surface area contributed by atoms with E-state index in [0.717, 1.165) is 0 Å². The van der Waals surface area contributed by atoms with Crippen molar-refractivity contribution in [3.05, 3.63) is 58.6 Å². The summed E-state index contributed by atoms with van der Waals surface area (Å²) in [6.45, 7) is -0.362. The number of methoxy groups -OCH3 is 1. The summed E-state index contributed by atoms with van der Waals surface area (Å²) < 4.78 is 10.1. The van der Waals surface area contributed by atoms with Gasteiger partial charge >= 0.3 is 5.97 Å². The van der Waals surface area contributed by atoms with Gasteiger partial charge in [-0.05, 0) is 30.3 Å². The predicted octanol–water partition coefficient (Wildman–Crippen LogP) is 3.43. The third kappa shape index (κ3) is 4.02. The molecule has 0 unspecified atom stereocenters. The molecule has 0 radical (unpaired) electrons. The fourth-order valence-electron chi connectivity index (χ4n) is 2.01. The van der Waals surface area contributed by atoms with E-state index >= 15 is 0 Å². The number of carbonyl (C=O) groups is 2. The average Bonchev–Trinajstić information content (AvgIpc) is 2.59. The fraction of sp³-hybridized carbons (Fsp3) is 0.176. The minimum Gasteiger partial charge on any atom is -0.495 e. The van der Waals surface area contributed by atoms with Gasteiger partial charge < -0.3 is 14.8 Å². The van der Waals surface area contributed by atoms with E-state index in [4.69, 9.17) is 21.1 Å². The predicted molar refractivity (Wildman–Crippen MR) is 88.6 cm³/mol. The maximum absolute atomic E-state index is 12.1. The van der Waals surface area contributed by atoms with E-state index < -0.39 is 5.97 Å². The Bertz CT molecular complexity index is 730. The number of para-hydroxylation sites is 1. The molecule has 0 spiro atoms. The Morgan fingerprint density at radius 3 is 2.57 bits per heavy atom. The maximum atomic E-state index is 12.1. The first-order valence-electron chi connectivity index (χ1n) is 6.87. The minimum atomic E-state index is -0.567. The number of hydrogen-bond acceptors (Lipinski definition) is 5. The number of halogens is 1. The number of esters is 1. The highest BCUT2D eigenvalue weighted by molar-refractivity contribution is 6.32. The van der Waals surface area contributed by atoms with Crippen LogP contribution in [0.5, 0.6) is 5.75 Å². The Hall–Kier alpha value is -2.53. The summed E-state index contributed by atoms with van der Waals surface area (Å²) in [5.41, 5.74) is 1.36. The molecule has 0 atom stereocenters. The molecule has 2 aromatic carbocycles. The van der Waals surface area contributed by atoms with Crippen molar-refractivity contribution in [3.8, 4) is 5.75 Å². The van der Waals surface area contributed by atoms with Crippen molar-refractivity contribution in [2.45, 2.75) is 0 Å². The first kappa shape index (κ1) is 16.8. The molecular formula is C17H16ClNO4. The van der Waals surface area contributed by atoms with Crippen LogP contribution in [0.3, 0.4) is 0 Å². The Kier molecular flexibility index (Phi) is 5.60. The highest BCUT2D eigenvalue weighted by Gasteiger charge is 2.15. The molecule has 0 saturated heterocycles. The fourth-order valence-corrected chi connectivity index (χ4v) is 2.27. The van der Waals surface area contributed by atoms with Crippen LogP contribution in [0.4, 0.5) is 5.69 Å². The van der Waals surface area contributed by atoms with Crippen LogP contribution in [0, 0.1) is 0 Å². The van der Waals surface area contributed by atoms with Crippen LogP contribution in [-0.4, -0.2) is 32.5 Å². The second-order valence-electron chi connectivity index (χ2n) is 4.64. The van der Waals surface area contributed by atoms with Gasteiger partial charge in [-0.25, -0.2) is 4.79 Å². The summed E-state index contributed by atoms with van der Waals surface area (Å²) in [5.74, 6) is -0.434. The Labute approximate surface area is 139 Å². The number of hydrogen-bond donors (Lipinski definition) is 1. The van der Waals surface area contributed by atoms with Crippen LogP contribution in [0.15, 0.2) is 42.5 Å². The third-order valence-electron chi connectivity index (χ3n) is 3.22. The molecule has 5 nitrogen and oxygen atoms in total. The van der Waals surface area contributed by atoms with Crippen LogP contribution in [0.1, 0.15) is 20.7 Å². The van der Waals surface area contributed by atoms with Gasteiger partial charge in [0.05, 0.1) is 17.7 Å². The maximum Gasteiger partial charge on any atom is 0.340 e. The largest absolute Gasteiger partial charge is 0.495 e. The van der Waals surface area contributed by atoms with E-state index in [1.807, 2.05) is 0 Å². The van der Waals surface area contributed by atoms with Crippen molar-refractivity contribution >= 4 is 29.0 Å². The highest BCUT2D eigenvalue weighted by atomic mass is 35.5. The summed E-state index contributed by atoms with van der Waals surface area (Å²) in [4.78, 5) is 24.2. The van der Waals surface area contributed by atoms with Crippen molar-refractivity contribution in [2.24, 2.45) is 0 Å². The SMILES string of the molecule is CNc1ccccc1C(=O)OCC(=O)c1ccc(OC)c(Cl)c1. The summed E-state index contributed by atoms with van der Waals surface area (Å²) in [6, 6.07) is 11.5. The molecule has 0 aromatic heterocycles. The van der Waals surface area contributed by atoms with Gasteiger partial charge in [-0.1, -0.05) is 23.7 Å².